The van der Waals surface area contributed by atoms with Gasteiger partial charge in [-0.25, -0.2) is 12.7 Å². The summed E-state index contributed by atoms with van der Waals surface area (Å²) in [5.41, 5.74) is 4.58. The minimum atomic E-state index is -4.54. The Morgan fingerprint density at radius 3 is 2.43 bits per heavy atom. The van der Waals surface area contributed by atoms with Crippen molar-refractivity contribution in [3.63, 3.8) is 0 Å². The number of anilines is 1. The second-order valence-electron chi connectivity index (χ2n) is 4.18. The van der Waals surface area contributed by atoms with Crippen molar-refractivity contribution in [3.05, 3.63) is 28.3 Å². The maximum absolute atomic E-state index is 12.1. The third kappa shape index (κ3) is 4.29. The van der Waals surface area contributed by atoms with Crippen LogP contribution in [0.1, 0.15) is 6.42 Å². The Labute approximate surface area is 118 Å². The lowest BCUT2D eigenvalue weighted by molar-refractivity contribution is -0.387. The van der Waals surface area contributed by atoms with Crippen molar-refractivity contribution in [3.8, 4) is 0 Å². The molecule has 118 valence electrons. The van der Waals surface area contributed by atoms with Gasteiger partial charge in [-0.15, -0.1) is 0 Å². The summed E-state index contributed by atoms with van der Waals surface area (Å²) in [6.45, 7) is -0.849. The molecule has 1 aromatic rings. The van der Waals surface area contributed by atoms with Gasteiger partial charge in [-0.3, -0.25) is 10.1 Å². The van der Waals surface area contributed by atoms with Gasteiger partial charge in [0, 0.05) is 25.3 Å². The molecule has 0 aliphatic carbocycles. The second-order valence-corrected chi connectivity index (χ2v) is 6.19. The maximum atomic E-state index is 12.1. The maximum Gasteiger partial charge on any atom is 0.390 e. The normalized spacial score (nSPS) is 12.6. The summed E-state index contributed by atoms with van der Waals surface area (Å²) in [6.07, 6.45) is -5.90. The van der Waals surface area contributed by atoms with E-state index < -0.39 is 44.7 Å². The van der Waals surface area contributed by atoms with Crippen LogP contribution >= 0.6 is 0 Å². The Morgan fingerprint density at radius 1 is 1.38 bits per heavy atom. The molecule has 0 aliphatic rings. The topological polar surface area (TPSA) is 107 Å². The zero-order chi connectivity index (χ0) is 16.4. The SMILES string of the molecule is CN(CCC(F)(F)F)S(=O)(=O)c1cc(N)ccc1[N+](=O)[O-]. The molecule has 21 heavy (non-hydrogen) atoms. The van der Waals surface area contributed by atoms with Crippen LogP contribution in [-0.2, 0) is 10.0 Å². The van der Waals surface area contributed by atoms with Crippen LogP contribution in [0.25, 0.3) is 0 Å². The first-order chi connectivity index (χ1) is 9.45. The highest BCUT2D eigenvalue weighted by atomic mass is 32.2. The monoisotopic (exact) mass is 327 g/mol. The molecule has 2 N–H and O–H groups in total. The van der Waals surface area contributed by atoms with Crippen molar-refractivity contribution >= 4 is 21.4 Å². The molecule has 0 radical (unpaired) electrons. The van der Waals surface area contributed by atoms with Gasteiger partial charge in [0.2, 0.25) is 10.0 Å². The Morgan fingerprint density at radius 2 is 1.95 bits per heavy atom. The van der Waals surface area contributed by atoms with E-state index in [1.807, 2.05) is 0 Å². The van der Waals surface area contributed by atoms with Gasteiger partial charge < -0.3 is 5.73 Å². The van der Waals surface area contributed by atoms with Crippen LogP contribution in [0.2, 0.25) is 0 Å². The van der Waals surface area contributed by atoms with Gasteiger partial charge in [-0.2, -0.15) is 13.2 Å². The number of nitrogens with zero attached hydrogens (tertiary/aromatic N) is 2. The summed E-state index contributed by atoms with van der Waals surface area (Å²) in [5.74, 6) is 0. The number of benzene rings is 1. The number of halogens is 3. The molecular formula is C10H12F3N3O4S. The van der Waals surface area contributed by atoms with Crippen molar-refractivity contribution in [1.82, 2.24) is 4.31 Å². The van der Waals surface area contributed by atoms with E-state index in [0.717, 1.165) is 25.2 Å². The van der Waals surface area contributed by atoms with Gasteiger partial charge in [-0.1, -0.05) is 0 Å². The fraction of sp³-hybridized carbons (Fsp3) is 0.400. The molecule has 0 aliphatic heterocycles. The summed E-state index contributed by atoms with van der Waals surface area (Å²) in [6, 6.07) is 2.87. The van der Waals surface area contributed by atoms with E-state index in [1.165, 1.54) is 0 Å². The van der Waals surface area contributed by atoms with Crippen molar-refractivity contribution in [2.75, 3.05) is 19.3 Å². The number of nitrogens with two attached hydrogens (primary N) is 1. The Kier molecular flexibility index (Phi) is 4.79. The van der Waals surface area contributed by atoms with Crippen LogP contribution in [0.3, 0.4) is 0 Å². The molecule has 0 spiro atoms. The van der Waals surface area contributed by atoms with Crippen LogP contribution in [-0.4, -0.2) is 37.4 Å². The van der Waals surface area contributed by atoms with Crippen LogP contribution in [0.5, 0.6) is 0 Å². The summed E-state index contributed by atoms with van der Waals surface area (Å²) in [4.78, 5) is 9.14. The first-order valence-electron chi connectivity index (χ1n) is 5.52. The van der Waals surface area contributed by atoms with E-state index in [2.05, 4.69) is 0 Å². The molecule has 1 aromatic carbocycles. The van der Waals surface area contributed by atoms with E-state index >= 15 is 0 Å². The molecule has 0 fully saturated rings. The summed E-state index contributed by atoms with van der Waals surface area (Å²) >= 11 is 0. The number of alkyl halides is 3. The van der Waals surface area contributed by atoms with Gasteiger partial charge in [0.25, 0.3) is 5.69 Å². The minimum absolute atomic E-state index is 0.0524. The molecule has 0 amide bonds. The fourth-order valence-corrected chi connectivity index (χ4v) is 2.82. The van der Waals surface area contributed by atoms with Crippen molar-refractivity contribution < 1.29 is 26.5 Å². The van der Waals surface area contributed by atoms with Crippen LogP contribution < -0.4 is 5.73 Å². The van der Waals surface area contributed by atoms with Gasteiger partial charge in [0.05, 0.1) is 11.3 Å². The number of nitro benzene ring substituents is 1. The highest BCUT2D eigenvalue weighted by Gasteiger charge is 2.33. The molecule has 0 saturated heterocycles. The van der Waals surface area contributed by atoms with Gasteiger partial charge in [-0.05, 0) is 12.1 Å². The highest BCUT2D eigenvalue weighted by molar-refractivity contribution is 7.89. The molecule has 0 atom stereocenters. The van der Waals surface area contributed by atoms with Crippen molar-refractivity contribution in [2.45, 2.75) is 17.5 Å². The highest BCUT2D eigenvalue weighted by Crippen LogP contribution is 2.29. The van der Waals surface area contributed by atoms with Gasteiger partial charge >= 0.3 is 6.18 Å². The number of nitro groups is 1. The zero-order valence-electron chi connectivity index (χ0n) is 10.8. The van der Waals surface area contributed by atoms with Gasteiger partial charge in [0.1, 0.15) is 0 Å². The van der Waals surface area contributed by atoms with Crippen LogP contribution in [0, 0.1) is 10.1 Å². The van der Waals surface area contributed by atoms with Crippen LogP contribution in [0.15, 0.2) is 23.1 Å². The number of hydrogen-bond donors (Lipinski definition) is 1. The average molecular weight is 327 g/mol. The average Bonchev–Trinajstić information content (AvgIpc) is 2.34. The quantitative estimate of drug-likeness (QED) is 0.504. The van der Waals surface area contributed by atoms with E-state index in [1.54, 1.807) is 0 Å². The lowest BCUT2D eigenvalue weighted by Crippen LogP contribution is -2.31. The Balaban J connectivity index is 3.18. The van der Waals surface area contributed by atoms with Crippen molar-refractivity contribution in [1.29, 1.82) is 0 Å². The van der Waals surface area contributed by atoms with Gasteiger partial charge in [0.15, 0.2) is 4.90 Å². The third-order valence-electron chi connectivity index (χ3n) is 2.58. The molecular weight excluding hydrogens is 315 g/mol. The minimum Gasteiger partial charge on any atom is -0.399 e. The lowest BCUT2D eigenvalue weighted by Gasteiger charge is -2.18. The number of sulfonamides is 1. The van der Waals surface area contributed by atoms with E-state index in [9.17, 15) is 31.7 Å². The molecule has 0 bridgehead atoms. The number of hydrogen-bond acceptors (Lipinski definition) is 5. The zero-order valence-corrected chi connectivity index (χ0v) is 11.6. The van der Waals surface area contributed by atoms with Crippen molar-refractivity contribution in [2.24, 2.45) is 0 Å². The molecule has 0 heterocycles. The fourth-order valence-electron chi connectivity index (χ4n) is 1.46. The van der Waals surface area contributed by atoms with E-state index in [-0.39, 0.29) is 5.69 Å². The number of nitrogen functional groups attached to an aromatic ring is 1. The molecule has 0 saturated carbocycles. The Hall–Kier alpha value is -1.88. The predicted molar refractivity (Wildman–Crippen MR) is 68.0 cm³/mol. The lowest BCUT2D eigenvalue weighted by atomic mass is 10.3. The smallest absolute Gasteiger partial charge is 0.390 e. The van der Waals surface area contributed by atoms with Crippen LogP contribution in [0.4, 0.5) is 24.5 Å². The molecule has 1 rings (SSSR count). The largest absolute Gasteiger partial charge is 0.399 e. The Bertz CT molecular complexity index is 645. The van der Waals surface area contributed by atoms with E-state index in [4.69, 9.17) is 5.73 Å². The standard InChI is InChI=1S/C10H12F3N3O4S/c1-15(5-4-10(11,12)13)21(19,20)9-6-7(14)2-3-8(9)16(17)18/h2-3,6H,4-5,14H2,1H3. The number of rotatable bonds is 5. The first kappa shape index (κ1) is 17.2. The summed E-state index contributed by atoms with van der Waals surface area (Å²) in [7, 11) is -3.54. The molecule has 0 unspecified atom stereocenters. The first-order valence-corrected chi connectivity index (χ1v) is 6.96. The predicted octanol–water partition coefficient (Wildman–Crippen LogP) is 1.75. The summed E-state index contributed by atoms with van der Waals surface area (Å²) < 4.78 is 61.0. The second kappa shape index (κ2) is 5.85. The molecule has 11 heteroatoms. The molecule has 0 aromatic heterocycles. The third-order valence-corrected chi connectivity index (χ3v) is 4.46. The molecule has 7 nitrogen and oxygen atoms in total. The van der Waals surface area contributed by atoms with E-state index in [0.29, 0.717) is 4.31 Å². The summed E-state index contributed by atoms with van der Waals surface area (Å²) in [5, 5.41) is 10.8.